The third-order valence-corrected chi connectivity index (χ3v) is 6.47. The van der Waals surface area contributed by atoms with Gasteiger partial charge in [0.15, 0.2) is 0 Å². The molecule has 2 rings (SSSR count). The molecule has 0 unspecified atom stereocenters. The Labute approximate surface area is 159 Å². The van der Waals surface area contributed by atoms with Gasteiger partial charge in [0.25, 0.3) is 5.56 Å². The van der Waals surface area contributed by atoms with Gasteiger partial charge < -0.3 is 9.88 Å². The molecule has 0 spiro atoms. The molecule has 1 amide bonds. The van der Waals surface area contributed by atoms with E-state index in [0.717, 1.165) is 0 Å². The minimum Gasteiger partial charge on any atom is -0.326 e. The smallest absolute Gasteiger partial charge is 0.250 e. The lowest BCUT2D eigenvalue weighted by Gasteiger charge is -2.20. The van der Waals surface area contributed by atoms with Gasteiger partial charge in [0, 0.05) is 44.0 Å². The van der Waals surface area contributed by atoms with Crippen LogP contribution in [-0.4, -0.2) is 36.3 Å². The van der Waals surface area contributed by atoms with Gasteiger partial charge in [-0.15, -0.1) is 0 Å². The molecule has 0 fully saturated rings. The first-order chi connectivity index (χ1) is 12.8. The fourth-order valence-electron chi connectivity index (χ4n) is 2.75. The topological polar surface area (TPSA) is 88.5 Å². The summed E-state index contributed by atoms with van der Waals surface area (Å²) in [5.74, 6) is -0.291. The minimum atomic E-state index is -3.61. The molecule has 1 aromatic carbocycles. The number of hydrogen-bond acceptors (Lipinski definition) is 4. The molecule has 0 bridgehead atoms. The summed E-state index contributed by atoms with van der Waals surface area (Å²) < 4.78 is 28.4. The number of sulfonamides is 1. The highest BCUT2D eigenvalue weighted by molar-refractivity contribution is 7.89. The van der Waals surface area contributed by atoms with Crippen molar-refractivity contribution in [2.45, 2.75) is 38.6 Å². The Morgan fingerprint density at radius 2 is 1.85 bits per heavy atom. The predicted molar refractivity (Wildman–Crippen MR) is 105 cm³/mol. The summed E-state index contributed by atoms with van der Waals surface area (Å²) in [4.78, 5) is 24.0. The first kappa shape index (κ1) is 20.9. The standard InChI is InChI=1S/C19H25N3O4S/c1-4-22(5-2)27(25,26)17-14-16(10-9-15(17)3)20-18(23)11-13-21-12-7-6-8-19(21)24/h6-10,12,14H,4-5,11,13H2,1-3H3,(H,20,23). The molecule has 2 aromatic rings. The molecule has 1 N–H and O–H groups in total. The lowest BCUT2D eigenvalue weighted by Crippen LogP contribution is -2.31. The van der Waals surface area contributed by atoms with E-state index in [1.165, 1.54) is 21.0 Å². The normalized spacial score (nSPS) is 11.6. The maximum Gasteiger partial charge on any atom is 0.250 e. The number of carbonyl (C=O) groups is 1. The van der Waals surface area contributed by atoms with Crippen molar-refractivity contribution in [3.05, 3.63) is 58.5 Å². The third-order valence-electron chi connectivity index (χ3n) is 4.27. The molecular weight excluding hydrogens is 366 g/mol. The molecular formula is C19H25N3O4S. The van der Waals surface area contributed by atoms with E-state index in [0.29, 0.717) is 24.3 Å². The second-order valence-corrected chi connectivity index (χ2v) is 8.01. The predicted octanol–water partition coefficient (Wildman–Crippen LogP) is 2.22. The van der Waals surface area contributed by atoms with Crippen LogP contribution in [0.2, 0.25) is 0 Å². The van der Waals surface area contributed by atoms with Crippen molar-refractivity contribution in [3.63, 3.8) is 0 Å². The average molecular weight is 391 g/mol. The van der Waals surface area contributed by atoms with Crippen LogP contribution in [0.4, 0.5) is 5.69 Å². The largest absolute Gasteiger partial charge is 0.326 e. The van der Waals surface area contributed by atoms with Crippen LogP contribution in [0.25, 0.3) is 0 Å². The third kappa shape index (κ3) is 5.05. The van der Waals surface area contributed by atoms with Gasteiger partial charge in [-0.3, -0.25) is 9.59 Å². The van der Waals surface area contributed by atoms with Crippen molar-refractivity contribution >= 4 is 21.6 Å². The first-order valence-electron chi connectivity index (χ1n) is 8.85. The number of amides is 1. The highest BCUT2D eigenvalue weighted by Gasteiger charge is 2.24. The van der Waals surface area contributed by atoms with Crippen molar-refractivity contribution < 1.29 is 13.2 Å². The molecule has 0 atom stereocenters. The summed E-state index contributed by atoms with van der Waals surface area (Å²) in [6.07, 6.45) is 1.73. The van der Waals surface area contributed by atoms with Gasteiger partial charge in [-0.25, -0.2) is 8.42 Å². The number of carbonyl (C=O) groups excluding carboxylic acids is 1. The van der Waals surface area contributed by atoms with E-state index in [-0.39, 0.29) is 29.3 Å². The van der Waals surface area contributed by atoms with Crippen LogP contribution in [0.5, 0.6) is 0 Å². The number of aryl methyl sites for hydroxylation is 2. The van der Waals surface area contributed by atoms with Gasteiger partial charge in [0.05, 0.1) is 4.90 Å². The van der Waals surface area contributed by atoms with Crippen LogP contribution < -0.4 is 10.9 Å². The number of hydrogen-bond donors (Lipinski definition) is 1. The molecule has 0 aliphatic carbocycles. The number of aromatic nitrogens is 1. The first-order valence-corrected chi connectivity index (χ1v) is 10.3. The molecule has 0 saturated carbocycles. The summed E-state index contributed by atoms with van der Waals surface area (Å²) in [5, 5.41) is 2.71. The summed E-state index contributed by atoms with van der Waals surface area (Å²) in [6, 6.07) is 9.63. The van der Waals surface area contributed by atoms with E-state index < -0.39 is 10.0 Å². The van der Waals surface area contributed by atoms with E-state index in [9.17, 15) is 18.0 Å². The van der Waals surface area contributed by atoms with Crippen LogP contribution in [0.15, 0.2) is 52.3 Å². The van der Waals surface area contributed by atoms with Gasteiger partial charge in [0.2, 0.25) is 15.9 Å². The monoisotopic (exact) mass is 391 g/mol. The summed E-state index contributed by atoms with van der Waals surface area (Å²) in [7, 11) is -3.61. The van der Waals surface area contributed by atoms with Crippen LogP contribution >= 0.6 is 0 Å². The van der Waals surface area contributed by atoms with Crippen molar-refractivity contribution in [3.8, 4) is 0 Å². The molecule has 0 saturated heterocycles. The zero-order valence-corrected chi connectivity index (χ0v) is 16.6. The van der Waals surface area contributed by atoms with Gasteiger partial charge >= 0.3 is 0 Å². The number of rotatable bonds is 8. The van der Waals surface area contributed by atoms with Crippen LogP contribution in [0, 0.1) is 6.92 Å². The van der Waals surface area contributed by atoms with Gasteiger partial charge in [-0.2, -0.15) is 4.31 Å². The highest BCUT2D eigenvalue weighted by Crippen LogP contribution is 2.23. The summed E-state index contributed by atoms with van der Waals surface area (Å²) >= 11 is 0. The average Bonchev–Trinajstić information content (AvgIpc) is 2.63. The fourth-order valence-corrected chi connectivity index (χ4v) is 4.46. The van der Waals surface area contributed by atoms with E-state index in [1.807, 2.05) is 0 Å². The van der Waals surface area contributed by atoms with E-state index >= 15 is 0 Å². The maximum atomic E-state index is 12.8. The second-order valence-electron chi connectivity index (χ2n) is 6.10. The highest BCUT2D eigenvalue weighted by atomic mass is 32.2. The SMILES string of the molecule is CCN(CC)S(=O)(=O)c1cc(NC(=O)CCn2ccccc2=O)ccc1C. The molecule has 8 heteroatoms. The molecule has 0 aliphatic rings. The van der Waals surface area contributed by atoms with E-state index in [4.69, 9.17) is 0 Å². The van der Waals surface area contributed by atoms with Crippen LogP contribution in [0.3, 0.4) is 0 Å². The lowest BCUT2D eigenvalue weighted by molar-refractivity contribution is -0.116. The van der Waals surface area contributed by atoms with Crippen LogP contribution in [-0.2, 0) is 21.4 Å². The lowest BCUT2D eigenvalue weighted by atomic mass is 10.2. The van der Waals surface area contributed by atoms with Crippen molar-refractivity contribution in [1.29, 1.82) is 0 Å². The Morgan fingerprint density at radius 3 is 2.48 bits per heavy atom. The van der Waals surface area contributed by atoms with Crippen molar-refractivity contribution in [2.24, 2.45) is 0 Å². The molecule has 1 aromatic heterocycles. The zero-order chi connectivity index (χ0) is 20.0. The Balaban J connectivity index is 2.15. The quantitative estimate of drug-likeness (QED) is 0.747. The number of benzene rings is 1. The van der Waals surface area contributed by atoms with Gasteiger partial charge in [-0.1, -0.05) is 26.0 Å². The Kier molecular flexibility index (Phi) is 6.92. The minimum absolute atomic E-state index is 0.107. The van der Waals surface area contributed by atoms with E-state index in [2.05, 4.69) is 5.32 Å². The molecule has 7 nitrogen and oxygen atoms in total. The maximum absolute atomic E-state index is 12.8. The molecule has 0 radical (unpaired) electrons. The van der Waals surface area contributed by atoms with Gasteiger partial charge in [0.1, 0.15) is 0 Å². The van der Waals surface area contributed by atoms with Crippen molar-refractivity contribution in [2.75, 3.05) is 18.4 Å². The fraction of sp³-hybridized carbons (Fsp3) is 0.368. The zero-order valence-electron chi connectivity index (χ0n) is 15.8. The van der Waals surface area contributed by atoms with Gasteiger partial charge in [-0.05, 0) is 30.7 Å². The number of nitrogens with one attached hydrogen (secondary N) is 1. The number of anilines is 1. The Hall–Kier alpha value is -2.45. The molecule has 1 heterocycles. The number of nitrogens with zero attached hydrogens (tertiary/aromatic N) is 2. The number of pyridine rings is 1. The summed E-state index contributed by atoms with van der Waals surface area (Å²) in [6.45, 7) is 6.30. The van der Waals surface area contributed by atoms with Crippen LogP contribution in [0.1, 0.15) is 25.8 Å². The van der Waals surface area contributed by atoms with E-state index in [1.54, 1.807) is 51.2 Å². The Bertz CT molecular complexity index is 963. The molecule has 27 heavy (non-hydrogen) atoms. The second kappa shape index (κ2) is 8.96. The van der Waals surface area contributed by atoms with Crippen molar-refractivity contribution in [1.82, 2.24) is 8.87 Å². The molecule has 0 aliphatic heterocycles. The Morgan fingerprint density at radius 1 is 1.15 bits per heavy atom. The summed E-state index contributed by atoms with van der Waals surface area (Å²) in [5.41, 5.74) is 0.862. The molecule has 146 valence electrons.